The van der Waals surface area contributed by atoms with Crippen LogP contribution in [0.25, 0.3) is 0 Å². The molecule has 2 heterocycles. The molecular formula is C17H22N3O4+. The summed E-state index contributed by atoms with van der Waals surface area (Å²) in [5.41, 5.74) is 5.89. The van der Waals surface area contributed by atoms with Crippen LogP contribution in [-0.2, 0) is 14.4 Å². The number of carbonyl (C=O) groups excluding carboxylic acids is 3. The van der Waals surface area contributed by atoms with E-state index >= 15 is 0 Å². The van der Waals surface area contributed by atoms with Gasteiger partial charge in [-0.1, -0.05) is 6.07 Å². The number of piperidine rings is 1. The first-order chi connectivity index (χ1) is 11.5. The van der Waals surface area contributed by atoms with E-state index in [1.807, 2.05) is 0 Å². The Morgan fingerprint density at radius 1 is 1.29 bits per heavy atom. The zero-order valence-corrected chi connectivity index (χ0v) is 13.7. The first kappa shape index (κ1) is 16.4. The van der Waals surface area contributed by atoms with Crippen LogP contribution < -0.4 is 20.3 Å². The maximum atomic E-state index is 12.8. The maximum absolute atomic E-state index is 12.8. The van der Waals surface area contributed by atoms with Gasteiger partial charge in [0.25, 0.3) is 5.91 Å². The van der Waals surface area contributed by atoms with Gasteiger partial charge >= 0.3 is 0 Å². The molecule has 7 heteroatoms. The van der Waals surface area contributed by atoms with E-state index in [1.165, 1.54) is 4.90 Å². The van der Waals surface area contributed by atoms with E-state index in [9.17, 15) is 14.4 Å². The minimum atomic E-state index is -0.377. The molecule has 24 heavy (non-hydrogen) atoms. The Morgan fingerprint density at radius 2 is 2.00 bits per heavy atom. The van der Waals surface area contributed by atoms with Gasteiger partial charge in [0.05, 0.1) is 32.3 Å². The minimum absolute atomic E-state index is 0.115. The van der Waals surface area contributed by atoms with Gasteiger partial charge in [0.2, 0.25) is 11.8 Å². The van der Waals surface area contributed by atoms with Gasteiger partial charge in [0, 0.05) is 24.8 Å². The summed E-state index contributed by atoms with van der Waals surface area (Å²) in [6.45, 7) is 1.37. The van der Waals surface area contributed by atoms with Crippen molar-refractivity contribution in [1.29, 1.82) is 0 Å². The van der Waals surface area contributed by atoms with Crippen molar-refractivity contribution < 1.29 is 24.0 Å². The van der Waals surface area contributed by atoms with Gasteiger partial charge in [-0.05, 0) is 12.1 Å². The summed E-state index contributed by atoms with van der Waals surface area (Å²) in [5, 5.41) is 0. The predicted molar refractivity (Wildman–Crippen MR) is 86.5 cm³/mol. The number of amides is 3. The number of rotatable bonds is 4. The molecule has 1 aromatic rings. The second-order valence-corrected chi connectivity index (χ2v) is 6.36. The van der Waals surface area contributed by atoms with Gasteiger partial charge in [-0.3, -0.25) is 14.4 Å². The molecule has 0 radical (unpaired) electrons. The molecule has 2 aliphatic heterocycles. The number of benzene rings is 1. The van der Waals surface area contributed by atoms with Crippen molar-refractivity contribution in [3.8, 4) is 5.75 Å². The van der Waals surface area contributed by atoms with Crippen LogP contribution in [-0.4, -0.2) is 44.0 Å². The summed E-state index contributed by atoms with van der Waals surface area (Å²) < 4.78 is 5.16. The third-order valence-electron chi connectivity index (χ3n) is 4.98. The van der Waals surface area contributed by atoms with Crippen LogP contribution in [0.3, 0.4) is 0 Å². The normalized spacial score (nSPS) is 27.4. The number of nitrogens with two attached hydrogens (primary N) is 1. The van der Waals surface area contributed by atoms with Crippen molar-refractivity contribution in [2.75, 3.05) is 25.1 Å². The number of ether oxygens (including phenoxy) is 1. The van der Waals surface area contributed by atoms with Crippen LogP contribution in [0, 0.1) is 5.92 Å². The van der Waals surface area contributed by atoms with E-state index in [1.54, 1.807) is 31.4 Å². The minimum Gasteiger partial charge on any atom is -0.497 e. The molecule has 0 unspecified atom stereocenters. The molecule has 3 rings (SSSR count). The highest BCUT2D eigenvalue weighted by Crippen LogP contribution is 2.26. The molecule has 2 saturated heterocycles. The fourth-order valence-corrected chi connectivity index (χ4v) is 3.59. The molecule has 2 aliphatic rings. The molecule has 3 amide bonds. The fourth-order valence-electron chi connectivity index (χ4n) is 3.59. The molecule has 2 fully saturated rings. The molecule has 1 atom stereocenters. The Morgan fingerprint density at radius 3 is 2.62 bits per heavy atom. The highest BCUT2D eigenvalue weighted by Gasteiger charge is 2.46. The van der Waals surface area contributed by atoms with Crippen molar-refractivity contribution in [1.82, 2.24) is 0 Å². The number of methoxy groups -OCH3 is 1. The molecule has 0 saturated carbocycles. The lowest BCUT2D eigenvalue weighted by atomic mass is 9.95. The Labute approximate surface area is 140 Å². The molecular weight excluding hydrogens is 310 g/mol. The Bertz CT molecular complexity index is 668. The molecule has 1 aromatic carbocycles. The number of anilines is 1. The van der Waals surface area contributed by atoms with E-state index in [2.05, 4.69) is 0 Å². The Kier molecular flexibility index (Phi) is 4.53. The molecule has 3 N–H and O–H groups in total. The lowest BCUT2D eigenvalue weighted by Crippen LogP contribution is -3.17. The smallest absolute Gasteiger partial charge is 0.292 e. The molecule has 0 spiro atoms. The second kappa shape index (κ2) is 6.60. The van der Waals surface area contributed by atoms with Crippen LogP contribution in [0.5, 0.6) is 5.75 Å². The number of nitrogens with zero attached hydrogens (tertiary/aromatic N) is 1. The van der Waals surface area contributed by atoms with Gasteiger partial charge in [-0.2, -0.15) is 0 Å². The highest BCUT2D eigenvalue weighted by molar-refractivity contribution is 6.21. The monoisotopic (exact) mass is 332 g/mol. The fraction of sp³-hybridized carbons (Fsp3) is 0.471. The lowest BCUT2D eigenvalue weighted by Gasteiger charge is -2.30. The number of hydrogen-bond donors (Lipinski definition) is 2. The van der Waals surface area contributed by atoms with Crippen molar-refractivity contribution in [3.63, 3.8) is 0 Å². The second-order valence-electron chi connectivity index (χ2n) is 6.36. The maximum Gasteiger partial charge on any atom is 0.292 e. The number of carbonyl (C=O) groups is 3. The number of likely N-dealkylation sites (tertiary alicyclic amines) is 1. The summed E-state index contributed by atoms with van der Waals surface area (Å²) in [7, 11) is 1.54. The average molecular weight is 332 g/mol. The van der Waals surface area contributed by atoms with E-state index in [0.717, 1.165) is 4.90 Å². The first-order valence-electron chi connectivity index (χ1n) is 8.16. The van der Waals surface area contributed by atoms with Gasteiger partial charge in [-0.25, -0.2) is 4.90 Å². The van der Waals surface area contributed by atoms with E-state index < -0.39 is 0 Å². The van der Waals surface area contributed by atoms with Gasteiger partial charge in [0.1, 0.15) is 5.75 Å². The number of nitrogens with one attached hydrogen (secondary N) is 1. The molecule has 7 nitrogen and oxygen atoms in total. The van der Waals surface area contributed by atoms with Crippen molar-refractivity contribution in [2.45, 2.75) is 25.3 Å². The Hall–Kier alpha value is -2.41. The van der Waals surface area contributed by atoms with Crippen LogP contribution >= 0.6 is 0 Å². The van der Waals surface area contributed by atoms with Crippen LogP contribution in [0.4, 0.5) is 5.69 Å². The quantitative estimate of drug-likeness (QED) is 0.699. The number of quaternary nitrogens is 1. The third-order valence-corrected chi connectivity index (χ3v) is 4.98. The van der Waals surface area contributed by atoms with Crippen molar-refractivity contribution in [2.24, 2.45) is 11.7 Å². The number of imide groups is 1. The van der Waals surface area contributed by atoms with Crippen LogP contribution in [0.1, 0.15) is 19.3 Å². The van der Waals surface area contributed by atoms with Crippen molar-refractivity contribution in [3.05, 3.63) is 24.3 Å². The SMILES string of the molecule is COc1cccc(N2C(=O)C[C@@H]([NH+]3CCC(C(N)=O)CC3)C2=O)c1. The molecule has 0 aromatic heterocycles. The summed E-state index contributed by atoms with van der Waals surface area (Å²) in [5.74, 6) is -0.161. The van der Waals surface area contributed by atoms with E-state index in [-0.39, 0.29) is 36.1 Å². The van der Waals surface area contributed by atoms with Gasteiger partial charge < -0.3 is 15.4 Å². The predicted octanol–water partition coefficient (Wildman–Crippen LogP) is -0.893. The topological polar surface area (TPSA) is 94.1 Å². The lowest BCUT2D eigenvalue weighted by molar-refractivity contribution is -0.920. The molecule has 128 valence electrons. The van der Waals surface area contributed by atoms with Crippen LogP contribution in [0.2, 0.25) is 0 Å². The summed E-state index contributed by atoms with van der Waals surface area (Å²) in [6.07, 6.45) is 1.54. The summed E-state index contributed by atoms with van der Waals surface area (Å²) in [4.78, 5) is 38.8. The number of primary amides is 1. The van der Waals surface area contributed by atoms with Crippen LogP contribution in [0.15, 0.2) is 24.3 Å². The number of hydrogen-bond acceptors (Lipinski definition) is 4. The van der Waals surface area contributed by atoms with Gasteiger partial charge in [0.15, 0.2) is 6.04 Å². The highest BCUT2D eigenvalue weighted by atomic mass is 16.5. The molecule has 0 aliphatic carbocycles. The van der Waals surface area contributed by atoms with E-state index in [4.69, 9.17) is 10.5 Å². The van der Waals surface area contributed by atoms with Crippen molar-refractivity contribution >= 4 is 23.4 Å². The first-order valence-corrected chi connectivity index (χ1v) is 8.16. The largest absolute Gasteiger partial charge is 0.497 e. The third kappa shape index (κ3) is 2.99. The summed E-state index contributed by atoms with van der Waals surface area (Å²) >= 11 is 0. The Balaban J connectivity index is 1.73. The zero-order chi connectivity index (χ0) is 17.3. The zero-order valence-electron chi connectivity index (χ0n) is 13.7. The van der Waals surface area contributed by atoms with Gasteiger partial charge in [-0.15, -0.1) is 0 Å². The standard InChI is InChI=1S/C17H21N3O4/c1-24-13-4-2-3-12(9-13)20-15(21)10-14(17(20)23)19-7-5-11(6-8-19)16(18)22/h2-4,9,11,14H,5-8,10H2,1H3,(H2,18,22)/p+1/t14-/m1/s1. The van der Waals surface area contributed by atoms with E-state index in [0.29, 0.717) is 37.4 Å². The summed E-state index contributed by atoms with van der Waals surface area (Å²) in [6, 6.07) is 6.57. The molecule has 0 bridgehead atoms. The average Bonchev–Trinajstić information content (AvgIpc) is 2.89.